The summed E-state index contributed by atoms with van der Waals surface area (Å²) in [7, 11) is 0. The van der Waals surface area contributed by atoms with Crippen LogP contribution in [0.2, 0.25) is 0 Å². The molecule has 0 radical (unpaired) electrons. The van der Waals surface area contributed by atoms with E-state index in [1.165, 1.54) is 25.7 Å². The first-order valence-electron chi connectivity index (χ1n) is 6.56. The number of rotatable bonds is 10. The predicted octanol–water partition coefficient (Wildman–Crippen LogP) is 2.46. The minimum atomic E-state index is -0.776. The average molecular weight is 231 g/mol. The molecule has 98 valence electrons. The van der Waals surface area contributed by atoms with Gasteiger partial charge < -0.3 is 15.6 Å². The summed E-state index contributed by atoms with van der Waals surface area (Å²) < 4.78 is 5.64. The van der Waals surface area contributed by atoms with E-state index in [-0.39, 0.29) is 0 Å². The van der Waals surface area contributed by atoms with Crippen LogP contribution in [-0.4, -0.2) is 30.0 Å². The highest BCUT2D eigenvalue weighted by Crippen LogP contribution is 2.11. The van der Waals surface area contributed by atoms with Gasteiger partial charge in [-0.15, -0.1) is 0 Å². The summed E-state index contributed by atoms with van der Waals surface area (Å²) in [5.41, 5.74) is 4.66. The zero-order chi connectivity index (χ0) is 12.4. The van der Waals surface area contributed by atoms with Crippen molar-refractivity contribution in [2.24, 2.45) is 5.73 Å². The van der Waals surface area contributed by atoms with E-state index in [9.17, 15) is 5.11 Å². The Kier molecular flexibility index (Phi) is 8.90. The maximum atomic E-state index is 9.68. The second-order valence-electron chi connectivity index (χ2n) is 4.98. The van der Waals surface area contributed by atoms with Gasteiger partial charge in [0.05, 0.1) is 11.7 Å². The van der Waals surface area contributed by atoms with Crippen LogP contribution in [0.3, 0.4) is 0 Å². The molecule has 0 saturated heterocycles. The van der Waals surface area contributed by atoms with Crippen molar-refractivity contribution in [2.45, 2.75) is 71.0 Å². The SMILES string of the molecule is CCCCCCC(C)OCCC(C)(O)CN. The Hall–Kier alpha value is -0.120. The van der Waals surface area contributed by atoms with E-state index in [0.29, 0.717) is 25.7 Å². The van der Waals surface area contributed by atoms with E-state index in [1.54, 1.807) is 6.92 Å². The van der Waals surface area contributed by atoms with Crippen molar-refractivity contribution in [1.82, 2.24) is 0 Å². The highest BCUT2D eigenvalue weighted by molar-refractivity contribution is 4.72. The molecule has 3 nitrogen and oxygen atoms in total. The molecule has 0 aromatic heterocycles. The number of hydrogen-bond donors (Lipinski definition) is 2. The quantitative estimate of drug-likeness (QED) is 0.568. The Labute approximate surface area is 100 Å². The van der Waals surface area contributed by atoms with E-state index in [2.05, 4.69) is 13.8 Å². The molecule has 0 aromatic carbocycles. The van der Waals surface area contributed by atoms with Gasteiger partial charge in [0.15, 0.2) is 0 Å². The first-order valence-corrected chi connectivity index (χ1v) is 6.56. The first-order chi connectivity index (χ1) is 7.52. The van der Waals surface area contributed by atoms with Gasteiger partial charge in [0.25, 0.3) is 0 Å². The first kappa shape index (κ1) is 15.9. The van der Waals surface area contributed by atoms with Crippen LogP contribution in [-0.2, 0) is 4.74 Å². The Bertz CT molecular complexity index is 160. The Morgan fingerprint density at radius 2 is 2.00 bits per heavy atom. The molecule has 0 heterocycles. The number of nitrogens with two attached hydrogens (primary N) is 1. The number of ether oxygens (including phenoxy) is 1. The summed E-state index contributed by atoms with van der Waals surface area (Å²) in [4.78, 5) is 0. The van der Waals surface area contributed by atoms with E-state index in [4.69, 9.17) is 10.5 Å². The van der Waals surface area contributed by atoms with Crippen molar-refractivity contribution in [3.05, 3.63) is 0 Å². The van der Waals surface area contributed by atoms with Gasteiger partial charge in [0.2, 0.25) is 0 Å². The van der Waals surface area contributed by atoms with Crippen LogP contribution in [0.25, 0.3) is 0 Å². The van der Waals surface area contributed by atoms with Gasteiger partial charge in [-0.3, -0.25) is 0 Å². The molecule has 0 aliphatic carbocycles. The van der Waals surface area contributed by atoms with Crippen molar-refractivity contribution >= 4 is 0 Å². The molecule has 0 fully saturated rings. The molecule has 16 heavy (non-hydrogen) atoms. The van der Waals surface area contributed by atoms with Crippen LogP contribution in [0.5, 0.6) is 0 Å². The van der Waals surface area contributed by atoms with Crippen LogP contribution in [0.15, 0.2) is 0 Å². The molecule has 2 unspecified atom stereocenters. The van der Waals surface area contributed by atoms with Crippen molar-refractivity contribution in [2.75, 3.05) is 13.2 Å². The monoisotopic (exact) mass is 231 g/mol. The molecule has 0 rings (SSSR count). The number of unbranched alkanes of at least 4 members (excludes halogenated alkanes) is 3. The van der Waals surface area contributed by atoms with Gasteiger partial charge in [0.1, 0.15) is 0 Å². The fraction of sp³-hybridized carbons (Fsp3) is 1.00. The third-order valence-corrected chi connectivity index (χ3v) is 2.95. The van der Waals surface area contributed by atoms with Gasteiger partial charge in [-0.1, -0.05) is 32.6 Å². The second kappa shape index (κ2) is 8.97. The second-order valence-corrected chi connectivity index (χ2v) is 4.98. The summed E-state index contributed by atoms with van der Waals surface area (Å²) in [6.07, 6.45) is 7.15. The smallest absolute Gasteiger partial charge is 0.0763 e. The topological polar surface area (TPSA) is 55.5 Å². The minimum absolute atomic E-state index is 0.293. The zero-order valence-corrected chi connectivity index (χ0v) is 11.2. The molecule has 0 bridgehead atoms. The minimum Gasteiger partial charge on any atom is -0.389 e. The third-order valence-electron chi connectivity index (χ3n) is 2.95. The lowest BCUT2D eigenvalue weighted by Crippen LogP contribution is -2.35. The van der Waals surface area contributed by atoms with Gasteiger partial charge in [-0.2, -0.15) is 0 Å². The maximum absolute atomic E-state index is 9.68. The molecule has 0 spiro atoms. The Morgan fingerprint density at radius 3 is 2.56 bits per heavy atom. The largest absolute Gasteiger partial charge is 0.389 e. The van der Waals surface area contributed by atoms with Crippen molar-refractivity contribution in [3.63, 3.8) is 0 Å². The van der Waals surface area contributed by atoms with Gasteiger partial charge >= 0.3 is 0 Å². The molecule has 3 N–H and O–H groups in total. The van der Waals surface area contributed by atoms with Crippen LogP contribution in [0.4, 0.5) is 0 Å². The molecule has 0 aliphatic rings. The van der Waals surface area contributed by atoms with Crippen LogP contribution < -0.4 is 5.73 Å². The lowest BCUT2D eigenvalue weighted by Gasteiger charge is -2.22. The lowest BCUT2D eigenvalue weighted by atomic mass is 10.0. The number of hydrogen-bond acceptors (Lipinski definition) is 3. The van der Waals surface area contributed by atoms with Crippen LogP contribution in [0.1, 0.15) is 59.3 Å². The van der Waals surface area contributed by atoms with Crippen molar-refractivity contribution in [1.29, 1.82) is 0 Å². The molecule has 0 saturated carbocycles. The standard InChI is InChI=1S/C13H29NO2/c1-4-5-6-7-8-12(2)16-10-9-13(3,15)11-14/h12,15H,4-11,14H2,1-3H3. The average Bonchev–Trinajstić information content (AvgIpc) is 2.24. The molecule has 0 aliphatic heterocycles. The summed E-state index contributed by atoms with van der Waals surface area (Å²) in [5, 5.41) is 9.68. The van der Waals surface area contributed by atoms with E-state index >= 15 is 0 Å². The molecular weight excluding hydrogens is 202 g/mol. The fourth-order valence-electron chi connectivity index (χ4n) is 1.52. The highest BCUT2D eigenvalue weighted by atomic mass is 16.5. The fourth-order valence-corrected chi connectivity index (χ4v) is 1.52. The summed E-state index contributed by atoms with van der Waals surface area (Å²) in [5.74, 6) is 0. The summed E-state index contributed by atoms with van der Waals surface area (Å²) >= 11 is 0. The zero-order valence-electron chi connectivity index (χ0n) is 11.2. The molecule has 3 heteroatoms. The molecule has 0 aromatic rings. The summed E-state index contributed by atoms with van der Waals surface area (Å²) in [6.45, 7) is 6.96. The van der Waals surface area contributed by atoms with Gasteiger partial charge in [-0.05, 0) is 20.3 Å². The molecule has 0 amide bonds. The normalized spacial score (nSPS) is 17.1. The van der Waals surface area contributed by atoms with Crippen molar-refractivity contribution in [3.8, 4) is 0 Å². The Balaban J connectivity index is 3.40. The van der Waals surface area contributed by atoms with Crippen LogP contribution >= 0.6 is 0 Å². The van der Waals surface area contributed by atoms with E-state index < -0.39 is 5.60 Å². The number of aliphatic hydroxyl groups is 1. The lowest BCUT2D eigenvalue weighted by molar-refractivity contribution is -0.00358. The summed E-state index contributed by atoms with van der Waals surface area (Å²) in [6, 6.07) is 0. The van der Waals surface area contributed by atoms with E-state index in [0.717, 1.165) is 6.42 Å². The van der Waals surface area contributed by atoms with Gasteiger partial charge in [0, 0.05) is 19.6 Å². The molecule has 2 atom stereocenters. The third kappa shape index (κ3) is 9.13. The van der Waals surface area contributed by atoms with E-state index in [1.807, 2.05) is 0 Å². The maximum Gasteiger partial charge on any atom is 0.0763 e. The van der Waals surface area contributed by atoms with Crippen LogP contribution in [0, 0.1) is 0 Å². The predicted molar refractivity (Wildman–Crippen MR) is 68.5 cm³/mol. The Morgan fingerprint density at radius 1 is 1.31 bits per heavy atom. The highest BCUT2D eigenvalue weighted by Gasteiger charge is 2.17. The van der Waals surface area contributed by atoms with Gasteiger partial charge in [-0.25, -0.2) is 0 Å². The molecular formula is C13H29NO2. The van der Waals surface area contributed by atoms with Crippen molar-refractivity contribution < 1.29 is 9.84 Å².